The van der Waals surface area contributed by atoms with Crippen LogP contribution in [0.4, 0.5) is 0 Å². The van der Waals surface area contributed by atoms with E-state index in [0.717, 1.165) is 11.8 Å². The number of allylic oxidation sites excluding steroid dienone is 2. The summed E-state index contributed by atoms with van der Waals surface area (Å²) in [5, 5.41) is 0. The predicted molar refractivity (Wildman–Crippen MR) is 36.6 cm³/mol. The summed E-state index contributed by atoms with van der Waals surface area (Å²) in [5.41, 5.74) is 0. The molecule has 0 heterocycles. The minimum Gasteiger partial charge on any atom is -0.103 e. The molecule has 1 aliphatic carbocycles. The third-order valence-electron chi connectivity index (χ3n) is 1.99. The Morgan fingerprint density at radius 2 is 1.38 bits per heavy atom. The van der Waals surface area contributed by atoms with Gasteiger partial charge in [0.05, 0.1) is 0 Å². The lowest BCUT2D eigenvalue weighted by atomic mass is 9.74. The largest absolute Gasteiger partial charge is 0.103 e. The highest BCUT2D eigenvalue weighted by atomic mass is 14.3. The van der Waals surface area contributed by atoms with Crippen LogP contribution < -0.4 is 0 Å². The van der Waals surface area contributed by atoms with Crippen molar-refractivity contribution in [2.45, 2.75) is 12.8 Å². The van der Waals surface area contributed by atoms with Crippen LogP contribution in [-0.4, -0.2) is 0 Å². The van der Waals surface area contributed by atoms with E-state index >= 15 is 0 Å². The molecule has 1 fully saturated rings. The monoisotopic (exact) mass is 108 g/mol. The Kier molecular flexibility index (Phi) is 1.52. The van der Waals surface area contributed by atoms with Gasteiger partial charge in [0, 0.05) is 0 Å². The van der Waals surface area contributed by atoms with Crippen molar-refractivity contribution in [1.29, 1.82) is 0 Å². The van der Waals surface area contributed by atoms with E-state index in [-0.39, 0.29) is 0 Å². The number of hydrogen-bond acceptors (Lipinski definition) is 0. The van der Waals surface area contributed by atoms with E-state index in [4.69, 9.17) is 0 Å². The molecule has 1 rings (SSSR count). The van der Waals surface area contributed by atoms with Crippen molar-refractivity contribution in [3.8, 4) is 0 Å². The molecule has 0 nitrogen and oxygen atoms in total. The molecule has 0 heteroatoms. The Morgan fingerprint density at radius 3 is 1.50 bits per heavy atom. The van der Waals surface area contributed by atoms with Crippen molar-refractivity contribution in [3.63, 3.8) is 0 Å². The van der Waals surface area contributed by atoms with E-state index in [2.05, 4.69) is 13.2 Å². The molecule has 8 heavy (non-hydrogen) atoms. The van der Waals surface area contributed by atoms with Crippen molar-refractivity contribution in [1.82, 2.24) is 0 Å². The fourth-order valence-corrected chi connectivity index (χ4v) is 1.14. The molecule has 0 saturated heterocycles. The first-order chi connectivity index (χ1) is 3.88. The van der Waals surface area contributed by atoms with Crippen LogP contribution in [0.25, 0.3) is 0 Å². The van der Waals surface area contributed by atoms with Crippen molar-refractivity contribution in [2.75, 3.05) is 0 Å². The summed E-state index contributed by atoms with van der Waals surface area (Å²) in [4.78, 5) is 0. The smallest absolute Gasteiger partial charge is 0.0173 e. The van der Waals surface area contributed by atoms with Crippen molar-refractivity contribution in [2.24, 2.45) is 11.8 Å². The van der Waals surface area contributed by atoms with Crippen LogP contribution in [0, 0.1) is 11.8 Å². The molecule has 0 aromatic carbocycles. The van der Waals surface area contributed by atoms with Crippen LogP contribution in [0.2, 0.25) is 0 Å². The summed E-state index contributed by atoms with van der Waals surface area (Å²) in [6, 6.07) is 0. The first-order valence-electron chi connectivity index (χ1n) is 3.13. The lowest BCUT2D eigenvalue weighted by molar-refractivity contribution is 0.287. The van der Waals surface area contributed by atoms with Gasteiger partial charge in [-0.1, -0.05) is 12.2 Å². The zero-order chi connectivity index (χ0) is 5.98. The highest BCUT2D eigenvalue weighted by molar-refractivity contribution is 4.99. The summed E-state index contributed by atoms with van der Waals surface area (Å²) in [6.07, 6.45) is 6.71. The molecule has 0 aromatic heterocycles. The van der Waals surface area contributed by atoms with E-state index in [1.807, 2.05) is 12.2 Å². The Labute approximate surface area is 50.9 Å². The lowest BCUT2D eigenvalue weighted by Gasteiger charge is -2.31. The van der Waals surface area contributed by atoms with Crippen LogP contribution in [0.1, 0.15) is 12.8 Å². The normalized spacial score (nSPS) is 35.5. The van der Waals surface area contributed by atoms with Gasteiger partial charge in [-0.3, -0.25) is 0 Å². The average molecular weight is 108 g/mol. The highest BCUT2D eigenvalue weighted by Gasteiger charge is 2.24. The maximum Gasteiger partial charge on any atom is -0.0173 e. The van der Waals surface area contributed by atoms with E-state index in [1.165, 1.54) is 12.8 Å². The molecule has 0 amide bonds. The Morgan fingerprint density at radius 1 is 1.00 bits per heavy atom. The second kappa shape index (κ2) is 2.17. The minimum atomic E-state index is 0.743. The first kappa shape index (κ1) is 5.61. The second-order valence-corrected chi connectivity index (χ2v) is 2.38. The molecule has 1 saturated carbocycles. The molecule has 0 spiro atoms. The summed E-state index contributed by atoms with van der Waals surface area (Å²) < 4.78 is 0. The van der Waals surface area contributed by atoms with Crippen LogP contribution in [0.5, 0.6) is 0 Å². The minimum absolute atomic E-state index is 0.743. The van der Waals surface area contributed by atoms with Gasteiger partial charge in [0.15, 0.2) is 0 Å². The molecule has 0 N–H and O–H groups in total. The maximum atomic E-state index is 3.73. The van der Waals surface area contributed by atoms with Crippen molar-refractivity contribution < 1.29 is 0 Å². The van der Waals surface area contributed by atoms with Crippen LogP contribution >= 0.6 is 0 Å². The van der Waals surface area contributed by atoms with Gasteiger partial charge >= 0.3 is 0 Å². The van der Waals surface area contributed by atoms with Crippen LogP contribution in [0.15, 0.2) is 25.3 Å². The van der Waals surface area contributed by atoms with Gasteiger partial charge < -0.3 is 0 Å². The van der Waals surface area contributed by atoms with Gasteiger partial charge in [-0.25, -0.2) is 0 Å². The van der Waals surface area contributed by atoms with Crippen LogP contribution in [-0.2, 0) is 0 Å². The zero-order valence-corrected chi connectivity index (χ0v) is 5.14. The second-order valence-electron chi connectivity index (χ2n) is 2.38. The number of hydrogen-bond donors (Lipinski definition) is 0. The van der Waals surface area contributed by atoms with Gasteiger partial charge in [0.25, 0.3) is 0 Å². The fourth-order valence-electron chi connectivity index (χ4n) is 1.14. The summed E-state index contributed by atoms with van der Waals surface area (Å²) >= 11 is 0. The highest BCUT2D eigenvalue weighted by Crippen LogP contribution is 2.35. The van der Waals surface area contributed by atoms with Gasteiger partial charge in [-0.15, -0.1) is 13.2 Å². The van der Waals surface area contributed by atoms with Gasteiger partial charge in [-0.05, 0) is 24.7 Å². The molecule has 0 radical (unpaired) electrons. The van der Waals surface area contributed by atoms with Crippen LogP contribution in [0.3, 0.4) is 0 Å². The molecule has 0 bridgehead atoms. The maximum absolute atomic E-state index is 3.73. The van der Waals surface area contributed by atoms with Gasteiger partial charge in [0.1, 0.15) is 0 Å². The average Bonchev–Trinajstić information content (AvgIpc) is 1.66. The van der Waals surface area contributed by atoms with E-state index in [0.29, 0.717) is 0 Å². The third kappa shape index (κ3) is 0.706. The molecule has 44 valence electrons. The Hall–Kier alpha value is -0.520. The summed E-state index contributed by atoms with van der Waals surface area (Å²) in [5.74, 6) is 1.49. The van der Waals surface area contributed by atoms with Crippen molar-refractivity contribution in [3.05, 3.63) is 25.3 Å². The SMILES string of the molecule is C=C[C@H]1CC[C@@H]1C=C. The predicted octanol–water partition coefficient (Wildman–Crippen LogP) is 2.38. The number of rotatable bonds is 2. The Bertz CT molecular complexity index is 88.6. The molecule has 0 aliphatic heterocycles. The third-order valence-corrected chi connectivity index (χ3v) is 1.99. The first-order valence-corrected chi connectivity index (χ1v) is 3.13. The van der Waals surface area contributed by atoms with Gasteiger partial charge in [-0.2, -0.15) is 0 Å². The molecule has 0 unspecified atom stereocenters. The molecule has 2 atom stereocenters. The summed E-state index contributed by atoms with van der Waals surface area (Å²) in [6.45, 7) is 7.47. The molecule has 0 aromatic rings. The lowest BCUT2D eigenvalue weighted by Crippen LogP contribution is -2.20. The molecular formula is C8H12. The van der Waals surface area contributed by atoms with Crippen molar-refractivity contribution >= 4 is 0 Å². The Balaban J connectivity index is 2.36. The van der Waals surface area contributed by atoms with E-state index in [9.17, 15) is 0 Å². The van der Waals surface area contributed by atoms with Gasteiger partial charge in [0.2, 0.25) is 0 Å². The standard InChI is InChI=1S/C8H12/c1-3-7-5-6-8(7)4-2/h3-4,7-8H,1-2,5-6H2/t7-,8-/m0/s1. The topological polar surface area (TPSA) is 0 Å². The molecule has 1 aliphatic rings. The van der Waals surface area contributed by atoms with E-state index in [1.54, 1.807) is 0 Å². The zero-order valence-electron chi connectivity index (χ0n) is 5.14. The van der Waals surface area contributed by atoms with E-state index < -0.39 is 0 Å². The quantitative estimate of drug-likeness (QED) is 0.476. The fraction of sp³-hybridized carbons (Fsp3) is 0.500. The molecular weight excluding hydrogens is 96.1 g/mol. The summed E-state index contributed by atoms with van der Waals surface area (Å²) in [7, 11) is 0.